The molecule has 0 aliphatic rings. The molecule has 116 valence electrons. The molecule has 0 aromatic carbocycles. The fourth-order valence-corrected chi connectivity index (χ4v) is 1.70. The van der Waals surface area contributed by atoms with Gasteiger partial charge in [0, 0.05) is 19.6 Å². The van der Waals surface area contributed by atoms with Gasteiger partial charge in [-0.2, -0.15) is 0 Å². The van der Waals surface area contributed by atoms with Crippen LogP contribution in [0.4, 0.5) is 0 Å². The van der Waals surface area contributed by atoms with Crippen molar-refractivity contribution < 1.29 is 19.3 Å². The highest BCUT2D eigenvalue weighted by Gasteiger charge is 2.22. The van der Waals surface area contributed by atoms with Crippen molar-refractivity contribution in [1.29, 1.82) is 0 Å². The highest BCUT2D eigenvalue weighted by Crippen LogP contribution is 2.21. The smallest absolute Gasteiger partial charge is 0.157 e. The molecule has 0 aromatic rings. The maximum Gasteiger partial charge on any atom is 0.157 e. The van der Waals surface area contributed by atoms with Crippen LogP contribution in [0.25, 0.3) is 0 Å². The Balaban J connectivity index is 3.99. The first-order chi connectivity index (χ1) is 8.70. The third kappa shape index (κ3) is 11.4. The van der Waals surface area contributed by atoms with Gasteiger partial charge in [-0.15, -0.1) is 0 Å². The Kier molecular flexibility index (Phi) is 8.83. The molecular weight excluding hydrogens is 244 g/mol. The molecule has 0 spiro atoms. The fourth-order valence-electron chi connectivity index (χ4n) is 1.70. The van der Waals surface area contributed by atoms with Gasteiger partial charge in [-0.1, -0.05) is 0 Å². The Morgan fingerprint density at radius 2 is 1.47 bits per heavy atom. The SMILES string of the molecule is CCOC(CCC(C)(C)OCCC(C)(C)O)OCC. The van der Waals surface area contributed by atoms with Crippen molar-refractivity contribution in [3.05, 3.63) is 0 Å². The average molecular weight is 276 g/mol. The molecule has 0 saturated heterocycles. The second-order valence-corrected chi connectivity index (χ2v) is 6.05. The van der Waals surface area contributed by atoms with E-state index < -0.39 is 5.60 Å². The molecule has 0 saturated carbocycles. The van der Waals surface area contributed by atoms with E-state index in [0.717, 1.165) is 12.8 Å². The summed E-state index contributed by atoms with van der Waals surface area (Å²) in [6.45, 7) is 13.5. The van der Waals surface area contributed by atoms with Crippen molar-refractivity contribution >= 4 is 0 Å². The molecule has 0 amide bonds. The first-order valence-corrected chi connectivity index (χ1v) is 7.29. The first kappa shape index (κ1) is 18.8. The van der Waals surface area contributed by atoms with Gasteiger partial charge in [-0.05, 0) is 54.4 Å². The van der Waals surface area contributed by atoms with E-state index in [2.05, 4.69) is 13.8 Å². The fraction of sp³-hybridized carbons (Fsp3) is 1.00. The second-order valence-electron chi connectivity index (χ2n) is 6.05. The normalized spacial score (nSPS) is 13.3. The van der Waals surface area contributed by atoms with E-state index in [0.29, 0.717) is 26.2 Å². The van der Waals surface area contributed by atoms with Gasteiger partial charge in [0.2, 0.25) is 0 Å². The topological polar surface area (TPSA) is 47.9 Å². The second kappa shape index (κ2) is 8.90. The number of rotatable bonds is 11. The van der Waals surface area contributed by atoms with Crippen molar-refractivity contribution in [2.75, 3.05) is 19.8 Å². The van der Waals surface area contributed by atoms with Crippen LogP contribution in [0.5, 0.6) is 0 Å². The summed E-state index contributed by atoms with van der Waals surface area (Å²) in [4.78, 5) is 0. The van der Waals surface area contributed by atoms with Gasteiger partial charge in [-0.3, -0.25) is 0 Å². The maximum absolute atomic E-state index is 9.65. The quantitative estimate of drug-likeness (QED) is 0.589. The molecule has 1 N–H and O–H groups in total. The van der Waals surface area contributed by atoms with Crippen LogP contribution in [0.3, 0.4) is 0 Å². The summed E-state index contributed by atoms with van der Waals surface area (Å²) in [6.07, 6.45) is 2.17. The van der Waals surface area contributed by atoms with E-state index in [-0.39, 0.29) is 11.9 Å². The summed E-state index contributed by atoms with van der Waals surface area (Å²) in [6, 6.07) is 0. The Hall–Kier alpha value is -0.160. The lowest BCUT2D eigenvalue weighted by molar-refractivity contribution is -0.150. The first-order valence-electron chi connectivity index (χ1n) is 7.29. The highest BCUT2D eigenvalue weighted by molar-refractivity contribution is 4.71. The summed E-state index contributed by atoms with van der Waals surface area (Å²) in [7, 11) is 0. The molecular formula is C15H32O4. The summed E-state index contributed by atoms with van der Waals surface area (Å²) >= 11 is 0. The zero-order chi connectivity index (χ0) is 14.9. The zero-order valence-electron chi connectivity index (χ0n) is 13.5. The lowest BCUT2D eigenvalue weighted by atomic mass is 10.0. The predicted octanol–water partition coefficient (Wildman–Crippen LogP) is 3.12. The van der Waals surface area contributed by atoms with Crippen LogP contribution in [0.2, 0.25) is 0 Å². The van der Waals surface area contributed by atoms with E-state index in [9.17, 15) is 5.11 Å². The molecule has 0 heterocycles. The molecule has 0 aliphatic heterocycles. The van der Waals surface area contributed by atoms with Crippen LogP contribution in [0, 0.1) is 0 Å². The van der Waals surface area contributed by atoms with Gasteiger partial charge in [0.1, 0.15) is 0 Å². The Labute approximate surface area is 118 Å². The molecule has 0 rings (SSSR count). The third-order valence-electron chi connectivity index (χ3n) is 2.89. The van der Waals surface area contributed by atoms with Crippen LogP contribution in [0.1, 0.15) is 60.8 Å². The van der Waals surface area contributed by atoms with Crippen molar-refractivity contribution in [3.63, 3.8) is 0 Å². The number of ether oxygens (including phenoxy) is 3. The van der Waals surface area contributed by atoms with Gasteiger partial charge in [0.25, 0.3) is 0 Å². The van der Waals surface area contributed by atoms with Crippen LogP contribution >= 0.6 is 0 Å². The molecule has 0 bridgehead atoms. The van der Waals surface area contributed by atoms with Crippen molar-refractivity contribution in [1.82, 2.24) is 0 Å². The summed E-state index contributed by atoms with van der Waals surface area (Å²) < 4.78 is 16.9. The Bertz CT molecular complexity index is 215. The standard InChI is InChI=1S/C15H32O4/c1-7-17-13(18-8-2)9-10-15(5,6)19-12-11-14(3,4)16/h13,16H,7-12H2,1-6H3. The molecule has 0 atom stereocenters. The van der Waals surface area contributed by atoms with Crippen molar-refractivity contribution in [2.45, 2.75) is 78.3 Å². The molecule has 0 radical (unpaired) electrons. The van der Waals surface area contributed by atoms with Crippen LogP contribution in [-0.2, 0) is 14.2 Å². The van der Waals surface area contributed by atoms with Gasteiger partial charge in [0.15, 0.2) is 6.29 Å². The predicted molar refractivity (Wildman–Crippen MR) is 77.2 cm³/mol. The van der Waals surface area contributed by atoms with Crippen molar-refractivity contribution in [3.8, 4) is 0 Å². The number of aliphatic hydroxyl groups is 1. The van der Waals surface area contributed by atoms with Gasteiger partial charge < -0.3 is 19.3 Å². The maximum atomic E-state index is 9.65. The summed E-state index contributed by atoms with van der Waals surface area (Å²) in [5.41, 5.74) is -0.896. The van der Waals surface area contributed by atoms with E-state index in [1.54, 1.807) is 13.8 Å². The molecule has 4 heteroatoms. The van der Waals surface area contributed by atoms with Gasteiger partial charge in [-0.25, -0.2) is 0 Å². The lowest BCUT2D eigenvalue weighted by Gasteiger charge is -2.29. The van der Waals surface area contributed by atoms with E-state index in [1.165, 1.54) is 0 Å². The monoisotopic (exact) mass is 276 g/mol. The van der Waals surface area contributed by atoms with Crippen LogP contribution < -0.4 is 0 Å². The molecule has 0 fully saturated rings. The Morgan fingerprint density at radius 3 is 1.89 bits per heavy atom. The van der Waals surface area contributed by atoms with Gasteiger partial charge in [0.05, 0.1) is 17.8 Å². The molecule has 0 aromatic heterocycles. The molecule has 19 heavy (non-hydrogen) atoms. The largest absolute Gasteiger partial charge is 0.390 e. The minimum atomic E-state index is -0.671. The van der Waals surface area contributed by atoms with E-state index in [1.807, 2.05) is 13.8 Å². The minimum absolute atomic E-state index is 0.146. The van der Waals surface area contributed by atoms with E-state index >= 15 is 0 Å². The Morgan fingerprint density at radius 1 is 0.947 bits per heavy atom. The average Bonchev–Trinajstić information content (AvgIpc) is 2.24. The summed E-state index contributed by atoms with van der Waals surface area (Å²) in [5, 5.41) is 9.65. The molecule has 4 nitrogen and oxygen atoms in total. The molecule has 0 unspecified atom stereocenters. The highest BCUT2D eigenvalue weighted by atomic mass is 16.7. The number of hydrogen-bond donors (Lipinski definition) is 1. The van der Waals surface area contributed by atoms with Gasteiger partial charge >= 0.3 is 0 Å². The van der Waals surface area contributed by atoms with Crippen LogP contribution in [0.15, 0.2) is 0 Å². The van der Waals surface area contributed by atoms with Crippen LogP contribution in [-0.4, -0.2) is 42.4 Å². The molecule has 0 aliphatic carbocycles. The van der Waals surface area contributed by atoms with Crippen molar-refractivity contribution in [2.24, 2.45) is 0 Å². The minimum Gasteiger partial charge on any atom is -0.390 e. The number of hydrogen-bond acceptors (Lipinski definition) is 4. The third-order valence-corrected chi connectivity index (χ3v) is 2.89. The summed E-state index contributed by atoms with van der Waals surface area (Å²) in [5.74, 6) is 0. The lowest BCUT2D eigenvalue weighted by Crippen LogP contribution is -2.30. The van der Waals surface area contributed by atoms with E-state index in [4.69, 9.17) is 14.2 Å². The zero-order valence-corrected chi connectivity index (χ0v) is 13.5.